The Labute approximate surface area is 167 Å². The SMILES string of the molecule is CCc1cc(C(c2ccsc2)N2CCCCC2)c(NC(=O)c2ccco2)s1. The van der Waals surface area contributed by atoms with Crippen molar-refractivity contribution in [1.82, 2.24) is 4.90 Å². The van der Waals surface area contributed by atoms with E-state index in [1.165, 1.54) is 41.5 Å². The Morgan fingerprint density at radius 1 is 1.30 bits per heavy atom. The van der Waals surface area contributed by atoms with Gasteiger partial charge in [0.1, 0.15) is 5.00 Å². The van der Waals surface area contributed by atoms with Crippen LogP contribution in [0.15, 0.2) is 45.7 Å². The van der Waals surface area contributed by atoms with Crippen LogP contribution in [0.4, 0.5) is 5.00 Å². The predicted molar refractivity (Wildman–Crippen MR) is 112 cm³/mol. The average Bonchev–Trinajstić information content (AvgIpc) is 3.46. The molecule has 1 N–H and O–H groups in total. The van der Waals surface area contributed by atoms with E-state index in [9.17, 15) is 4.79 Å². The number of thiophene rings is 2. The van der Waals surface area contributed by atoms with E-state index < -0.39 is 0 Å². The van der Waals surface area contributed by atoms with Gasteiger partial charge in [0.15, 0.2) is 5.76 Å². The quantitative estimate of drug-likeness (QED) is 0.569. The van der Waals surface area contributed by atoms with Crippen molar-refractivity contribution >= 4 is 33.6 Å². The molecule has 0 spiro atoms. The normalized spacial score (nSPS) is 16.3. The van der Waals surface area contributed by atoms with Crippen LogP contribution in [-0.2, 0) is 6.42 Å². The van der Waals surface area contributed by atoms with Gasteiger partial charge in [-0.15, -0.1) is 11.3 Å². The molecule has 6 heteroatoms. The molecule has 1 atom stereocenters. The van der Waals surface area contributed by atoms with E-state index in [2.05, 4.69) is 40.0 Å². The van der Waals surface area contributed by atoms with E-state index in [-0.39, 0.29) is 11.9 Å². The second kappa shape index (κ2) is 8.42. The molecule has 1 fully saturated rings. The Morgan fingerprint density at radius 2 is 2.15 bits per heavy atom. The van der Waals surface area contributed by atoms with Crippen molar-refractivity contribution < 1.29 is 9.21 Å². The highest BCUT2D eigenvalue weighted by Crippen LogP contribution is 2.41. The van der Waals surface area contributed by atoms with Crippen LogP contribution in [0.1, 0.15) is 58.8 Å². The first-order valence-electron chi connectivity index (χ1n) is 9.50. The van der Waals surface area contributed by atoms with Crippen LogP contribution in [0.25, 0.3) is 0 Å². The molecule has 0 aliphatic carbocycles. The lowest BCUT2D eigenvalue weighted by Gasteiger charge is -2.34. The minimum absolute atomic E-state index is 0.187. The summed E-state index contributed by atoms with van der Waals surface area (Å²) in [7, 11) is 0. The average molecular weight is 401 g/mol. The summed E-state index contributed by atoms with van der Waals surface area (Å²) in [5.74, 6) is 0.158. The largest absolute Gasteiger partial charge is 0.459 e. The van der Waals surface area contributed by atoms with E-state index in [1.807, 2.05) is 0 Å². The summed E-state index contributed by atoms with van der Waals surface area (Å²) in [6.07, 6.45) is 6.27. The number of furan rings is 1. The highest BCUT2D eigenvalue weighted by Gasteiger charge is 2.28. The Hall–Kier alpha value is -1.89. The molecule has 3 aromatic heterocycles. The maximum atomic E-state index is 12.6. The number of anilines is 1. The second-order valence-corrected chi connectivity index (χ2v) is 8.75. The molecule has 1 amide bonds. The molecular weight excluding hydrogens is 376 g/mol. The second-order valence-electron chi connectivity index (χ2n) is 6.84. The van der Waals surface area contributed by atoms with E-state index >= 15 is 0 Å². The first kappa shape index (κ1) is 18.5. The van der Waals surface area contributed by atoms with Crippen molar-refractivity contribution in [3.8, 4) is 0 Å². The molecule has 1 aliphatic rings. The van der Waals surface area contributed by atoms with Gasteiger partial charge in [0.2, 0.25) is 0 Å². The molecule has 142 valence electrons. The number of piperidine rings is 1. The number of nitrogens with one attached hydrogen (secondary N) is 1. The summed E-state index contributed by atoms with van der Waals surface area (Å²) in [5.41, 5.74) is 2.52. The third-order valence-corrected chi connectivity index (χ3v) is 6.95. The number of carbonyl (C=O) groups excluding carboxylic acids is 1. The lowest BCUT2D eigenvalue weighted by molar-refractivity contribution is 0.0996. The zero-order valence-corrected chi connectivity index (χ0v) is 17.1. The first-order chi connectivity index (χ1) is 13.3. The van der Waals surface area contributed by atoms with Crippen molar-refractivity contribution in [2.24, 2.45) is 0 Å². The zero-order chi connectivity index (χ0) is 18.6. The number of amides is 1. The molecule has 1 saturated heterocycles. The molecule has 4 rings (SSSR count). The van der Waals surface area contributed by atoms with Crippen molar-refractivity contribution in [3.05, 3.63) is 63.1 Å². The highest BCUT2D eigenvalue weighted by molar-refractivity contribution is 7.16. The lowest BCUT2D eigenvalue weighted by atomic mass is 9.98. The first-order valence-corrected chi connectivity index (χ1v) is 11.3. The Kier molecular flexibility index (Phi) is 5.76. The highest BCUT2D eigenvalue weighted by atomic mass is 32.1. The molecule has 4 heterocycles. The Morgan fingerprint density at radius 3 is 2.81 bits per heavy atom. The van der Waals surface area contributed by atoms with E-state index in [0.717, 1.165) is 24.5 Å². The van der Waals surface area contributed by atoms with Crippen molar-refractivity contribution in [3.63, 3.8) is 0 Å². The van der Waals surface area contributed by atoms with Crippen molar-refractivity contribution in [1.29, 1.82) is 0 Å². The summed E-state index contributed by atoms with van der Waals surface area (Å²) in [5, 5.41) is 8.43. The van der Waals surface area contributed by atoms with Gasteiger partial charge in [-0.1, -0.05) is 13.3 Å². The molecule has 27 heavy (non-hydrogen) atoms. The minimum Gasteiger partial charge on any atom is -0.459 e. The van der Waals surface area contributed by atoms with Gasteiger partial charge in [0.25, 0.3) is 5.91 Å². The van der Waals surface area contributed by atoms with Crippen LogP contribution in [0.3, 0.4) is 0 Å². The number of likely N-dealkylation sites (tertiary alicyclic amines) is 1. The fourth-order valence-corrected chi connectivity index (χ4v) is 5.40. The van der Waals surface area contributed by atoms with Gasteiger partial charge < -0.3 is 9.73 Å². The lowest BCUT2D eigenvalue weighted by Crippen LogP contribution is -2.34. The fraction of sp³-hybridized carbons (Fsp3) is 0.381. The van der Waals surface area contributed by atoms with Gasteiger partial charge in [-0.05, 0) is 72.9 Å². The third-order valence-electron chi connectivity index (χ3n) is 5.04. The molecule has 4 nitrogen and oxygen atoms in total. The monoisotopic (exact) mass is 400 g/mol. The van der Waals surface area contributed by atoms with Gasteiger partial charge in [0, 0.05) is 10.4 Å². The van der Waals surface area contributed by atoms with Gasteiger partial charge in [0.05, 0.1) is 12.3 Å². The predicted octanol–water partition coefficient (Wildman–Crippen LogP) is 5.79. The maximum Gasteiger partial charge on any atom is 0.291 e. The molecule has 0 bridgehead atoms. The van der Waals surface area contributed by atoms with Crippen LogP contribution in [0.2, 0.25) is 0 Å². The number of hydrogen-bond acceptors (Lipinski definition) is 5. The van der Waals surface area contributed by atoms with Crippen LogP contribution < -0.4 is 5.32 Å². The number of aryl methyl sites for hydroxylation is 1. The number of carbonyl (C=O) groups is 1. The number of rotatable bonds is 6. The minimum atomic E-state index is -0.187. The van der Waals surface area contributed by atoms with Gasteiger partial charge in [-0.2, -0.15) is 11.3 Å². The topological polar surface area (TPSA) is 45.5 Å². The molecule has 0 aromatic carbocycles. The van der Waals surface area contributed by atoms with Crippen LogP contribution in [-0.4, -0.2) is 23.9 Å². The van der Waals surface area contributed by atoms with Crippen LogP contribution in [0, 0.1) is 0 Å². The molecule has 1 unspecified atom stereocenters. The standard InChI is InChI=1S/C21H24N2O2S2/c1-2-16-13-17(21(27-16)22-20(24)18-7-6-11-25-18)19(15-8-12-26-14-15)23-9-4-3-5-10-23/h6-8,11-14,19H,2-5,9-10H2,1H3,(H,22,24). The fourth-order valence-electron chi connectivity index (χ4n) is 3.70. The summed E-state index contributed by atoms with van der Waals surface area (Å²) in [6.45, 7) is 4.36. The summed E-state index contributed by atoms with van der Waals surface area (Å²) < 4.78 is 5.27. The number of hydrogen-bond donors (Lipinski definition) is 1. The number of nitrogens with zero attached hydrogens (tertiary/aromatic N) is 1. The van der Waals surface area contributed by atoms with Crippen LogP contribution >= 0.6 is 22.7 Å². The Balaban J connectivity index is 1.70. The zero-order valence-electron chi connectivity index (χ0n) is 15.4. The molecule has 0 saturated carbocycles. The maximum absolute atomic E-state index is 12.6. The van der Waals surface area contributed by atoms with E-state index in [1.54, 1.807) is 34.8 Å². The van der Waals surface area contributed by atoms with Gasteiger partial charge in [-0.3, -0.25) is 9.69 Å². The Bertz CT molecular complexity index is 862. The summed E-state index contributed by atoms with van der Waals surface area (Å²) >= 11 is 3.41. The van der Waals surface area contributed by atoms with Crippen LogP contribution in [0.5, 0.6) is 0 Å². The van der Waals surface area contributed by atoms with Gasteiger partial charge >= 0.3 is 0 Å². The third kappa shape index (κ3) is 4.03. The van der Waals surface area contributed by atoms with Crippen molar-refractivity contribution in [2.45, 2.75) is 38.6 Å². The molecular formula is C21H24N2O2S2. The molecule has 1 aliphatic heterocycles. The molecule has 3 aromatic rings. The summed E-state index contributed by atoms with van der Waals surface area (Å²) in [4.78, 5) is 16.5. The van der Waals surface area contributed by atoms with Gasteiger partial charge in [-0.25, -0.2) is 0 Å². The van der Waals surface area contributed by atoms with E-state index in [4.69, 9.17) is 4.42 Å². The van der Waals surface area contributed by atoms with Crippen molar-refractivity contribution in [2.75, 3.05) is 18.4 Å². The molecule has 0 radical (unpaired) electrons. The van der Waals surface area contributed by atoms with E-state index in [0.29, 0.717) is 5.76 Å². The summed E-state index contributed by atoms with van der Waals surface area (Å²) in [6, 6.07) is 8.12. The smallest absolute Gasteiger partial charge is 0.291 e.